The summed E-state index contributed by atoms with van der Waals surface area (Å²) in [6, 6.07) is 8.48. The first-order valence-corrected chi connectivity index (χ1v) is 7.49. The summed E-state index contributed by atoms with van der Waals surface area (Å²) in [5, 5.41) is 3.05. The SMILES string of the molecule is CC(C)C1CSC(c2cc3cc(Cl)ccc3[nH]2)=N1. The quantitative estimate of drug-likeness (QED) is 0.870. The summed E-state index contributed by atoms with van der Waals surface area (Å²) in [5.41, 5.74) is 2.23. The number of nitrogens with zero attached hydrogens (tertiary/aromatic N) is 1. The van der Waals surface area contributed by atoms with E-state index in [1.54, 1.807) is 0 Å². The Hall–Kier alpha value is -0.930. The molecule has 0 spiro atoms. The Balaban J connectivity index is 1.98. The number of aromatic nitrogens is 1. The predicted octanol–water partition coefficient (Wildman–Crippen LogP) is 4.34. The highest BCUT2D eigenvalue weighted by molar-refractivity contribution is 8.14. The highest BCUT2D eigenvalue weighted by Crippen LogP contribution is 2.29. The van der Waals surface area contributed by atoms with Crippen molar-refractivity contribution in [2.24, 2.45) is 10.9 Å². The highest BCUT2D eigenvalue weighted by Gasteiger charge is 2.22. The molecule has 2 nitrogen and oxygen atoms in total. The molecule has 0 fully saturated rings. The molecular formula is C14H15ClN2S. The van der Waals surface area contributed by atoms with Gasteiger partial charge in [0.15, 0.2) is 0 Å². The van der Waals surface area contributed by atoms with E-state index in [9.17, 15) is 0 Å². The van der Waals surface area contributed by atoms with Crippen LogP contribution in [0.4, 0.5) is 0 Å². The third-order valence-corrected chi connectivity index (χ3v) is 4.60. The third-order valence-electron chi connectivity index (χ3n) is 3.26. The Morgan fingerprint density at radius 1 is 1.39 bits per heavy atom. The Labute approximate surface area is 116 Å². The first-order chi connectivity index (χ1) is 8.63. The largest absolute Gasteiger partial charge is 0.353 e. The van der Waals surface area contributed by atoms with Gasteiger partial charge in [0, 0.05) is 21.7 Å². The molecule has 1 aromatic heterocycles. The van der Waals surface area contributed by atoms with E-state index in [1.165, 1.54) is 0 Å². The second-order valence-corrected chi connectivity index (χ2v) is 6.42. The Morgan fingerprint density at radius 2 is 2.22 bits per heavy atom. The van der Waals surface area contributed by atoms with Crippen LogP contribution in [0.15, 0.2) is 29.3 Å². The van der Waals surface area contributed by atoms with Crippen LogP contribution < -0.4 is 0 Å². The van der Waals surface area contributed by atoms with Gasteiger partial charge in [0.25, 0.3) is 0 Å². The number of hydrogen-bond donors (Lipinski definition) is 1. The van der Waals surface area contributed by atoms with Crippen molar-refractivity contribution in [3.8, 4) is 0 Å². The summed E-state index contributed by atoms with van der Waals surface area (Å²) in [4.78, 5) is 8.20. The van der Waals surface area contributed by atoms with Gasteiger partial charge < -0.3 is 4.98 Å². The van der Waals surface area contributed by atoms with Crippen molar-refractivity contribution in [3.05, 3.63) is 35.0 Å². The molecule has 1 unspecified atom stereocenters. The number of nitrogens with one attached hydrogen (secondary N) is 1. The molecule has 18 heavy (non-hydrogen) atoms. The summed E-state index contributed by atoms with van der Waals surface area (Å²) in [6.07, 6.45) is 0. The topological polar surface area (TPSA) is 28.1 Å². The molecule has 3 rings (SSSR count). The van der Waals surface area contributed by atoms with Gasteiger partial charge in [-0.15, -0.1) is 11.8 Å². The van der Waals surface area contributed by atoms with Gasteiger partial charge in [-0.25, -0.2) is 0 Å². The van der Waals surface area contributed by atoms with Crippen LogP contribution in [0.1, 0.15) is 19.5 Å². The van der Waals surface area contributed by atoms with Crippen molar-refractivity contribution in [2.75, 3.05) is 5.75 Å². The number of fused-ring (bicyclic) bond motifs is 1. The van der Waals surface area contributed by atoms with Gasteiger partial charge in [0.05, 0.1) is 11.7 Å². The minimum Gasteiger partial charge on any atom is -0.353 e. The monoisotopic (exact) mass is 278 g/mol. The first kappa shape index (κ1) is 12.1. The maximum absolute atomic E-state index is 6.00. The zero-order valence-corrected chi connectivity index (χ0v) is 12.0. The zero-order valence-electron chi connectivity index (χ0n) is 10.4. The van der Waals surface area contributed by atoms with Gasteiger partial charge in [-0.3, -0.25) is 4.99 Å². The van der Waals surface area contributed by atoms with Crippen LogP contribution in [-0.2, 0) is 0 Å². The number of thioether (sulfide) groups is 1. The van der Waals surface area contributed by atoms with Crippen molar-refractivity contribution >= 4 is 39.3 Å². The lowest BCUT2D eigenvalue weighted by molar-refractivity contribution is 0.543. The molecule has 1 aliphatic rings. The highest BCUT2D eigenvalue weighted by atomic mass is 35.5. The van der Waals surface area contributed by atoms with E-state index < -0.39 is 0 Å². The third kappa shape index (κ3) is 2.17. The maximum Gasteiger partial charge on any atom is 0.114 e. The van der Waals surface area contributed by atoms with Crippen molar-refractivity contribution in [1.82, 2.24) is 4.98 Å². The van der Waals surface area contributed by atoms with E-state index in [2.05, 4.69) is 24.9 Å². The standard InChI is InChI=1S/C14H15ClN2S/c1-8(2)13-7-18-14(17-13)12-6-9-5-10(15)3-4-11(9)16-12/h3-6,8,13,16H,7H2,1-2H3. The number of aromatic amines is 1. The minimum absolute atomic E-state index is 0.444. The number of H-pyrrole nitrogens is 1. The summed E-state index contributed by atoms with van der Waals surface area (Å²) in [6.45, 7) is 4.45. The van der Waals surface area contributed by atoms with Crippen LogP contribution in [0.2, 0.25) is 5.02 Å². The number of halogens is 1. The van der Waals surface area contributed by atoms with E-state index in [0.717, 1.165) is 32.4 Å². The van der Waals surface area contributed by atoms with Crippen LogP contribution in [0.3, 0.4) is 0 Å². The van der Waals surface area contributed by atoms with Gasteiger partial charge >= 0.3 is 0 Å². The van der Waals surface area contributed by atoms with Crippen LogP contribution in [0.25, 0.3) is 10.9 Å². The molecule has 1 N–H and O–H groups in total. The molecule has 2 heterocycles. The minimum atomic E-state index is 0.444. The van der Waals surface area contributed by atoms with E-state index >= 15 is 0 Å². The molecule has 94 valence electrons. The Morgan fingerprint density at radius 3 is 2.94 bits per heavy atom. The molecule has 0 saturated heterocycles. The van der Waals surface area contributed by atoms with Crippen LogP contribution >= 0.6 is 23.4 Å². The average Bonchev–Trinajstić information content (AvgIpc) is 2.93. The fraction of sp³-hybridized carbons (Fsp3) is 0.357. The molecule has 4 heteroatoms. The Bertz CT molecular complexity index is 615. The number of rotatable bonds is 2. The van der Waals surface area contributed by atoms with Crippen molar-refractivity contribution < 1.29 is 0 Å². The normalized spacial score (nSPS) is 19.8. The van der Waals surface area contributed by atoms with E-state index in [-0.39, 0.29) is 0 Å². The van der Waals surface area contributed by atoms with Crippen LogP contribution in [-0.4, -0.2) is 21.8 Å². The number of hydrogen-bond acceptors (Lipinski definition) is 2. The fourth-order valence-electron chi connectivity index (χ4n) is 2.10. The molecule has 0 amide bonds. The lowest BCUT2D eigenvalue weighted by atomic mass is 10.1. The fourth-order valence-corrected chi connectivity index (χ4v) is 3.54. The predicted molar refractivity (Wildman–Crippen MR) is 80.9 cm³/mol. The molecule has 0 bridgehead atoms. The van der Waals surface area contributed by atoms with Gasteiger partial charge in [-0.05, 0) is 30.2 Å². The molecule has 2 aromatic rings. The second-order valence-electron chi connectivity index (χ2n) is 4.97. The van der Waals surface area contributed by atoms with E-state index in [4.69, 9.17) is 16.6 Å². The van der Waals surface area contributed by atoms with Crippen LogP contribution in [0.5, 0.6) is 0 Å². The lowest BCUT2D eigenvalue weighted by Gasteiger charge is -2.07. The summed E-state index contributed by atoms with van der Waals surface area (Å²) in [5.74, 6) is 1.69. The van der Waals surface area contributed by atoms with Crippen molar-refractivity contribution in [2.45, 2.75) is 19.9 Å². The van der Waals surface area contributed by atoms with Crippen molar-refractivity contribution in [1.29, 1.82) is 0 Å². The molecular weight excluding hydrogens is 264 g/mol. The smallest absolute Gasteiger partial charge is 0.114 e. The van der Waals surface area contributed by atoms with Crippen molar-refractivity contribution in [3.63, 3.8) is 0 Å². The number of aliphatic imine (C=N–C) groups is 1. The summed E-state index contributed by atoms with van der Waals surface area (Å²) < 4.78 is 0. The second kappa shape index (κ2) is 4.63. The molecule has 0 aliphatic carbocycles. The number of benzene rings is 1. The maximum atomic E-state index is 6.00. The summed E-state index contributed by atoms with van der Waals surface area (Å²) in [7, 11) is 0. The van der Waals surface area contributed by atoms with E-state index in [1.807, 2.05) is 30.0 Å². The van der Waals surface area contributed by atoms with Gasteiger partial charge in [-0.1, -0.05) is 25.4 Å². The molecule has 0 radical (unpaired) electrons. The lowest BCUT2D eigenvalue weighted by Crippen LogP contribution is -2.11. The average molecular weight is 279 g/mol. The molecule has 0 saturated carbocycles. The van der Waals surface area contributed by atoms with Gasteiger partial charge in [0.1, 0.15) is 5.04 Å². The van der Waals surface area contributed by atoms with Gasteiger partial charge in [0.2, 0.25) is 0 Å². The molecule has 1 aliphatic heterocycles. The molecule has 1 aromatic carbocycles. The zero-order chi connectivity index (χ0) is 12.7. The Kier molecular flexibility index (Phi) is 3.12. The van der Waals surface area contributed by atoms with Crippen LogP contribution in [0, 0.1) is 5.92 Å². The van der Waals surface area contributed by atoms with Gasteiger partial charge in [-0.2, -0.15) is 0 Å². The first-order valence-electron chi connectivity index (χ1n) is 6.13. The summed E-state index contributed by atoms with van der Waals surface area (Å²) >= 11 is 7.84. The van der Waals surface area contributed by atoms with E-state index in [0.29, 0.717) is 12.0 Å². The molecule has 1 atom stereocenters.